The second-order valence-electron chi connectivity index (χ2n) is 5.39. The number of likely N-dealkylation sites (tertiary alicyclic amines) is 1. The maximum atomic E-state index is 2.65. The average Bonchev–Trinajstić information content (AvgIpc) is 1.99. The molecular weight excluding hydrogens is 158 g/mol. The van der Waals surface area contributed by atoms with Crippen molar-refractivity contribution in [2.24, 2.45) is 17.8 Å². The second kappa shape index (κ2) is 4.99. The minimum Gasteiger partial charge on any atom is -0.303 e. The van der Waals surface area contributed by atoms with Gasteiger partial charge in [-0.25, -0.2) is 0 Å². The van der Waals surface area contributed by atoms with Crippen LogP contribution in [0.3, 0.4) is 0 Å². The summed E-state index contributed by atoms with van der Waals surface area (Å²) in [7, 11) is 0. The molecule has 2 atom stereocenters. The van der Waals surface area contributed by atoms with Gasteiger partial charge in [0.15, 0.2) is 0 Å². The predicted octanol–water partition coefficient (Wildman–Crippen LogP) is 3.01. The van der Waals surface area contributed by atoms with Gasteiger partial charge in [0.1, 0.15) is 0 Å². The van der Waals surface area contributed by atoms with E-state index in [-0.39, 0.29) is 0 Å². The maximum absolute atomic E-state index is 2.65. The van der Waals surface area contributed by atoms with Crippen LogP contribution in [0.1, 0.15) is 40.5 Å². The van der Waals surface area contributed by atoms with Gasteiger partial charge in [0.05, 0.1) is 0 Å². The summed E-state index contributed by atoms with van der Waals surface area (Å²) in [6.45, 7) is 13.4. The van der Waals surface area contributed by atoms with Gasteiger partial charge >= 0.3 is 0 Å². The first-order chi connectivity index (χ1) is 6.08. The lowest BCUT2D eigenvalue weighted by molar-refractivity contribution is 0.135. The topological polar surface area (TPSA) is 3.24 Å². The minimum atomic E-state index is 0.854. The van der Waals surface area contributed by atoms with Crippen LogP contribution in [0.4, 0.5) is 0 Å². The van der Waals surface area contributed by atoms with Gasteiger partial charge in [0.2, 0.25) is 0 Å². The molecule has 1 nitrogen and oxygen atoms in total. The van der Waals surface area contributed by atoms with E-state index in [4.69, 9.17) is 0 Å². The van der Waals surface area contributed by atoms with E-state index >= 15 is 0 Å². The standard InChI is InChI=1S/C12H25N/c1-10(2)5-6-13-8-11(3)7-12(4)9-13/h10-12H,5-9H2,1-4H3. The van der Waals surface area contributed by atoms with Crippen LogP contribution in [0, 0.1) is 17.8 Å². The van der Waals surface area contributed by atoms with Crippen LogP contribution in [0.25, 0.3) is 0 Å². The lowest BCUT2D eigenvalue weighted by Crippen LogP contribution is -2.39. The van der Waals surface area contributed by atoms with Crippen molar-refractivity contribution in [2.75, 3.05) is 19.6 Å². The van der Waals surface area contributed by atoms with Crippen molar-refractivity contribution in [1.82, 2.24) is 4.90 Å². The van der Waals surface area contributed by atoms with E-state index < -0.39 is 0 Å². The zero-order chi connectivity index (χ0) is 9.84. The van der Waals surface area contributed by atoms with Gasteiger partial charge in [-0.2, -0.15) is 0 Å². The van der Waals surface area contributed by atoms with Crippen LogP contribution in [-0.2, 0) is 0 Å². The third-order valence-corrected chi connectivity index (χ3v) is 2.97. The molecule has 1 saturated heterocycles. The molecule has 0 saturated carbocycles. The summed E-state index contributed by atoms with van der Waals surface area (Å²) >= 11 is 0. The molecule has 1 aliphatic heterocycles. The summed E-state index contributed by atoms with van der Waals surface area (Å²) in [4.78, 5) is 2.65. The fraction of sp³-hybridized carbons (Fsp3) is 1.00. The summed E-state index contributed by atoms with van der Waals surface area (Å²) in [5.74, 6) is 2.68. The Morgan fingerprint density at radius 1 is 1.15 bits per heavy atom. The SMILES string of the molecule is CC(C)CCN1CC(C)CC(C)C1. The Balaban J connectivity index is 2.25. The van der Waals surface area contributed by atoms with E-state index in [1.54, 1.807) is 0 Å². The fourth-order valence-electron chi connectivity index (χ4n) is 2.42. The second-order valence-corrected chi connectivity index (χ2v) is 5.39. The van der Waals surface area contributed by atoms with Crippen molar-refractivity contribution in [3.8, 4) is 0 Å². The van der Waals surface area contributed by atoms with Gasteiger partial charge in [0.25, 0.3) is 0 Å². The highest BCUT2D eigenvalue weighted by atomic mass is 15.1. The zero-order valence-corrected chi connectivity index (χ0v) is 9.71. The van der Waals surface area contributed by atoms with Crippen molar-refractivity contribution < 1.29 is 0 Å². The molecule has 0 radical (unpaired) electrons. The Hall–Kier alpha value is -0.0400. The van der Waals surface area contributed by atoms with Gasteiger partial charge in [-0.3, -0.25) is 0 Å². The summed E-state index contributed by atoms with van der Waals surface area (Å²) in [5.41, 5.74) is 0. The lowest BCUT2D eigenvalue weighted by atomic mass is 9.91. The highest BCUT2D eigenvalue weighted by Gasteiger charge is 2.21. The largest absolute Gasteiger partial charge is 0.303 e. The van der Waals surface area contributed by atoms with E-state index in [0.717, 1.165) is 17.8 Å². The summed E-state index contributed by atoms with van der Waals surface area (Å²) in [6, 6.07) is 0. The molecule has 0 amide bonds. The molecule has 1 heterocycles. The Bertz CT molecular complexity index is 132. The van der Waals surface area contributed by atoms with Crippen LogP contribution >= 0.6 is 0 Å². The van der Waals surface area contributed by atoms with Gasteiger partial charge in [-0.05, 0) is 37.1 Å². The predicted molar refractivity (Wildman–Crippen MR) is 58.8 cm³/mol. The maximum Gasteiger partial charge on any atom is 0.000724 e. The number of piperidine rings is 1. The monoisotopic (exact) mass is 183 g/mol. The molecule has 1 heteroatoms. The van der Waals surface area contributed by atoms with E-state index in [0.29, 0.717) is 0 Å². The van der Waals surface area contributed by atoms with Crippen molar-refractivity contribution in [3.63, 3.8) is 0 Å². The molecule has 0 N–H and O–H groups in total. The molecule has 0 spiro atoms. The van der Waals surface area contributed by atoms with Crippen molar-refractivity contribution in [1.29, 1.82) is 0 Å². The molecule has 1 fully saturated rings. The third kappa shape index (κ3) is 4.12. The third-order valence-electron chi connectivity index (χ3n) is 2.97. The van der Waals surface area contributed by atoms with Crippen LogP contribution in [0.5, 0.6) is 0 Å². The van der Waals surface area contributed by atoms with Crippen molar-refractivity contribution in [3.05, 3.63) is 0 Å². The Morgan fingerprint density at radius 3 is 2.15 bits per heavy atom. The average molecular weight is 183 g/mol. The summed E-state index contributed by atoms with van der Waals surface area (Å²) in [5, 5.41) is 0. The molecule has 13 heavy (non-hydrogen) atoms. The Morgan fingerprint density at radius 2 is 1.69 bits per heavy atom. The highest BCUT2D eigenvalue weighted by Crippen LogP contribution is 2.21. The van der Waals surface area contributed by atoms with Gasteiger partial charge < -0.3 is 4.90 Å². The van der Waals surface area contributed by atoms with E-state index in [9.17, 15) is 0 Å². The molecule has 0 aliphatic carbocycles. The quantitative estimate of drug-likeness (QED) is 0.650. The van der Waals surface area contributed by atoms with E-state index in [1.165, 1.54) is 32.5 Å². The number of rotatable bonds is 3. The summed E-state index contributed by atoms with van der Waals surface area (Å²) < 4.78 is 0. The smallest absolute Gasteiger partial charge is 0.000724 e. The molecule has 0 aromatic heterocycles. The van der Waals surface area contributed by atoms with Gasteiger partial charge in [-0.15, -0.1) is 0 Å². The highest BCUT2D eigenvalue weighted by molar-refractivity contribution is 4.74. The van der Waals surface area contributed by atoms with Crippen molar-refractivity contribution >= 4 is 0 Å². The molecule has 0 aromatic carbocycles. The summed E-state index contributed by atoms with van der Waals surface area (Å²) in [6.07, 6.45) is 2.79. The number of hydrogen-bond acceptors (Lipinski definition) is 1. The van der Waals surface area contributed by atoms with E-state index in [1.807, 2.05) is 0 Å². The Labute approximate surface area is 83.5 Å². The first-order valence-electron chi connectivity index (χ1n) is 5.80. The van der Waals surface area contributed by atoms with Gasteiger partial charge in [-0.1, -0.05) is 27.7 Å². The fourth-order valence-corrected chi connectivity index (χ4v) is 2.42. The van der Waals surface area contributed by atoms with Crippen molar-refractivity contribution in [2.45, 2.75) is 40.5 Å². The Kier molecular flexibility index (Phi) is 4.24. The van der Waals surface area contributed by atoms with Gasteiger partial charge in [0, 0.05) is 13.1 Å². The zero-order valence-electron chi connectivity index (χ0n) is 9.71. The van der Waals surface area contributed by atoms with Crippen LogP contribution in [0.2, 0.25) is 0 Å². The van der Waals surface area contributed by atoms with Crippen LogP contribution < -0.4 is 0 Å². The molecule has 78 valence electrons. The number of nitrogens with zero attached hydrogens (tertiary/aromatic N) is 1. The first-order valence-corrected chi connectivity index (χ1v) is 5.80. The number of hydrogen-bond donors (Lipinski definition) is 0. The molecule has 0 bridgehead atoms. The first kappa shape index (κ1) is 11.0. The molecular formula is C12H25N. The lowest BCUT2D eigenvalue weighted by Gasteiger charge is -2.35. The molecule has 1 aliphatic rings. The van der Waals surface area contributed by atoms with Crippen LogP contribution in [0.15, 0.2) is 0 Å². The normalized spacial score (nSPS) is 31.2. The van der Waals surface area contributed by atoms with Crippen LogP contribution in [-0.4, -0.2) is 24.5 Å². The van der Waals surface area contributed by atoms with E-state index in [2.05, 4.69) is 32.6 Å². The molecule has 0 aromatic rings. The molecule has 1 rings (SSSR count). The minimum absolute atomic E-state index is 0.854. The molecule has 2 unspecified atom stereocenters.